The summed E-state index contributed by atoms with van der Waals surface area (Å²) in [4.78, 5) is 19.4. The molecule has 2 aromatic rings. The molecule has 1 N–H and O–H groups in total. The van der Waals surface area contributed by atoms with E-state index in [9.17, 15) is 4.79 Å². The van der Waals surface area contributed by atoms with Gasteiger partial charge in [-0.05, 0) is 37.1 Å². The van der Waals surface area contributed by atoms with E-state index in [-0.39, 0.29) is 5.91 Å². The summed E-state index contributed by atoms with van der Waals surface area (Å²) in [6, 6.07) is 10.00. The lowest BCUT2D eigenvalue weighted by atomic mass is 10.1. The molecular formula is C18H18N4OS. The average molecular weight is 338 g/mol. The molecule has 1 fully saturated rings. The fraction of sp³-hybridized carbons (Fsp3) is 0.278. The van der Waals surface area contributed by atoms with Gasteiger partial charge in [0, 0.05) is 24.2 Å². The van der Waals surface area contributed by atoms with E-state index < -0.39 is 0 Å². The Bertz CT molecular complexity index is 803. The highest BCUT2D eigenvalue weighted by Crippen LogP contribution is 2.33. The van der Waals surface area contributed by atoms with Crippen LogP contribution >= 0.6 is 11.8 Å². The number of hydrogen-bond acceptors (Lipinski definition) is 4. The zero-order valence-electron chi connectivity index (χ0n) is 13.2. The highest BCUT2D eigenvalue weighted by atomic mass is 32.2. The van der Waals surface area contributed by atoms with Crippen molar-refractivity contribution < 1.29 is 4.79 Å². The predicted molar refractivity (Wildman–Crippen MR) is 97.5 cm³/mol. The third-order valence-electron chi connectivity index (χ3n) is 4.25. The Hall–Kier alpha value is -2.34. The summed E-state index contributed by atoms with van der Waals surface area (Å²) >= 11 is 1.47. The zero-order chi connectivity index (χ0) is 16.4. The molecule has 3 heterocycles. The number of rotatable bonds is 2. The molecule has 2 aliphatic rings. The van der Waals surface area contributed by atoms with Gasteiger partial charge in [0.25, 0.3) is 5.91 Å². The van der Waals surface area contributed by atoms with Crippen molar-refractivity contribution in [3.05, 3.63) is 47.0 Å². The number of piperidine rings is 1. The number of nitrogens with zero attached hydrogens (tertiary/aromatic N) is 3. The third-order valence-corrected chi connectivity index (χ3v) is 5.30. The largest absolute Gasteiger partial charge is 0.351 e. The van der Waals surface area contributed by atoms with Crippen LogP contribution in [0, 0.1) is 0 Å². The van der Waals surface area contributed by atoms with Gasteiger partial charge in [0.1, 0.15) is 0 Å². The second-order valence-corrected chi connectivity index (χ2v) is 6.93. The second-order valence-electron chi connectivity index (χ2n) is 5.92. The lowest BCUT2D eigenvalue weighted by molar-refractivity contribution is -0.113. The van der Waals surface area contributed by atoms with Crippen molar-refractivity contribution in [1.82, 2.24) is 15.1 Å². The zero-order valence-corrected chi connectivity index (χ0v) is 14.1. The van der Waals surface area contributed by atoms with Gasteiger partial charge in [-0.3, -0.25) is 9.89 Å². The Morgan fingerprint density at radius 1 is 1.12 bits per heavy atom. The predicted octanol–water partition coefficient (Wildman–Crippen LogP) is 3.53. The first-order valence-electron chi connectivity index (χ1n) is 8.17. The number of aromatic nitrogens is 2. The van der Waals surface area contributed by atoms with Gasteiger partial charge in [-0.1, -0.05) is 30.3 Å². The number of amides is 1. The van der Waals surface area contributed by atoms with Gasteiger partial charge in [0.2, 0.25) is 0 Å². The Morgan fingerprint density at radius 2 is 1.92 bits per heavy atom. The summed E-state index contributed by atoms with van der Waals surface area (Å²) in [7, 11) is 0. The van der Waals surface area contributed by atoms with E-state index in [1.165, 1.54) is 31.0 Å². The second kappa shape index (κ2) is 6.65. The lowest BCUT2D eigenvalue weighted by Gasteiger charge is -2.27. The summed E-state index contributed by atoms with van der Waals surface area (Å²) < 4.78 is 0. The van der Waals surface area contributed by atoms with E-state index in [0.717, 1.165) is 35.1 Å². The number of aromatic amines is 1. The van der Waals surface area contributed by atoms with Crippen LogP contribution in [0.1, 0.15) is 24.8 Å². The SMILES string of the molecule is O=C1N=C(N2CCCCC2)SC1=Cc1cn[nH]c1-c1ccccc1. The van der Waals surface area contributed by atoms with Crippen molar-refractivity contribution in [3.63, 3.8) is 0 Å². The molecule has 1 aromatic heterocycles. The molecule has 6 heteroatoms. The van der Waals surface area contributed by atoms with Gasteiger partial charge < -0.3 is 4.90 Å². The third kappa shape index (κ3) is 3.01. The Balaban J connectivity index is 1.57. The molecule has 122 valence electrons. The first-order valence-corrected chi connectivity index (χ1v) is 8.99. The molecule has 1 aromatic carbocycles. The molecule has 2 aliphatic heterocycles. The molecule has 0 radical (unpaired) electrons. The monoisotopic (exact) mass is 338 g/mol. The first-order chi connectivity index (χ1) is 11.8. The van der Waals surface area contributed by atoms with Gasteiger partial charge in [-0.2, -0.15) is 10.1 Å². The number of amidine groups is 1. The van der Waals surface area contributed by atoms with Crippen LogP contribution in [0.2, 0.25) is 0 Å². The molecule has 1 amide bonds. The van der Waals surface area contributed by atoms with Crippen molar-refractivity contribution >= 4 is 28.9 Å². The summed E-state index contributed by atoms with van der Waals surface area (Å²) in [5, 5.41) is 8.00. The minimum Gasteiger partial charge on any atom is -0.351 e. The molecule has 0 aliphatic carbocycles. The molecule has 0 atom stereocenters. The number of carbonyl (C=O) groups excluding carboxylic acids is 1. The van der Waals surface area contributed by atoms with Gasteiger partial charge in [0.15, 0.2) is 5.17 Å². The van der Waals surface area contributed by atoms with E-state index in [0.29, 0.717) is 4.91 Å². The minimum absolute atomic E-state index is 0.152. The Morgan fingerprint density at radius 3 is 2.71 bits per heavy atom. The summed E-state index contributed by atoms with van der Waals surface area (Å²) in [5.41, 5.74) is 2.88. The van der Waals surface area contributed by atoms with Crippen LogP contribution in [-0.2, 0) is 4.79 Å². The molecule has 0 spiro atoms. The number of thioether (sulfide) groups is 1. The number of aliphatic imine (C=N–C) groups is 1. The smallest absolute Gasteiger partial charge is 0.286 e. The van der Waals surface area contributed by atoms with Crippen LogP contribution in [-0.4, -0.2) is 39.3 Å². The number of carbonyl (C=O) groups is 1. The minimum atomic E-state index is -0.152. The molecule has 0 unspecified atom stereocenters. The van der Waals surface area contributed by atoms with E-state index in [1.807, 2.05) is 36.4 Å². The standard InChI is InChI=1S/C18H18N4OS/c23-17-15(24-18(20-17)22-9-5-2-6-10-22)11-14-12-19-21-16(14)13-7-3-1-4-8-13/h1,3-4,7-8,11-12H,2,5-6,9-10H2,(H,19,21). The summed E-state index contributed by atoms with van der Waals surface area (Å²) in [6.45, 7) is 1.99. The molecule has 1 saturated heterocycles. The fourth-order valence-corrected chi connectivity index (χ4v) is 3.96. The van der Waals surface area contributed by atoms with E-state index in [2.05, 4.69) is 20.1 Å². The van der Waals surface area contributed by atoms with Crippen LogP contribution in [0.25, 0.3) is 17.3 Å². The van der Waals surface area contributed by atoms with E-state index in [1.54, 1.807) is 6.20 Å². The molecule has 24 heavy (non-hydrogen) atoms. The molecule has 0 saturated carbocycles. The van der Waals surface area contributed by atoms with Crippen LogP contribution in [0.3, 0.4) is 0 Å². The van der Waals surface area contributed by atoms with Crippen molar-refractivity contribution in [2.24, 2.45) is 4.99 Å². The van der Waals surface area contributed by atoms with Crippen LogP contribution in [0.4, 0.5) is 0 Å². The molecular weight excluding hydrogens is 320 g/mol. The number of hydrogen-bond donors (Lipinski definition) is 1. The van der Waals surface area contributed by atoms with Gasteiger partial charge in [-0.15, -0.1) is 0 Å². The number of benzene rings is 1. The van der Waals surface area contributed by atoms with E-state index >= 15 is 0 Å². The highest BCUT2D eigenvalue weighted by molar-refractivity contribution is 8.18. The van der Waals surface area contributed by atoms with Crippen molar-refractivity contribution in [2.75, 3.05) is 13.1 Å². The van der Waals surface area contributed by atoms with Crippen molar-refractivity contribution in [1.29, 1.82) is 0 Å². The Kier molecular flexibility index (Phi) is 4.21. The summed E-state index contributed by atoms with van der Waals surface area (Å²) in [6.07, 6.45) is 7.25. The molecule has 5 nitrogen and oxygen atoms in total. The number of likely N-dealkylation sites (tertiary alicyclic amines) is 1. The lowest BCUT2D eigenvalue weighted by Crippen LogP contribution is -2.33. The number of nitrogens with one attached hydrogen (secondary N) is 1. The molecule has 4 rings (SSSR count). The van der Waals surface area contributed by atoms with Gasteiger partial charge >= 0.3 is 0 Å². The number of H-pyrrole nitrogens is 1. The van der Waals surface area contributed by atoms with Crippen LogP contribution in [0.5, 0.6) is 0 Å². The normalized spacial score (nSPS) is 19.8. The van der Waals surface area contributed by atoms with Gasteiger partial charge in [-0.25, -0.2) is 0 Å². The maximum Gasteiger partial charge on any atom is 0.286 e. The topological polar surface area (TPSA) is 61.4 Å². The van der Waals surface area contributed by atoms with Crippen LogP contribution in [0.15, 0.2) is 46.4 Å². The molecule has 0 bridgehead atoms. The summed E-state index contributed by atoms with van der Waals surface area (Å²) in [5.74, 6) is -0.152. The van der Waals surface area contributed by atoms with Crippen LogP contribution < -0.4 is 0 Å². The maximum absolute atomic E-state index is 12.3. The van der Waals surface area contributed by atoms with E-state index in [4.69, 9.17) is 0 Å². The average Bonchev–Trinajstić information content (AvgIpc) is 3.24. The Labute approximate surface area is 144 Å². The van der Waals surface area contributed by atoms with Crippen molar-refractivity contribution in [2.45, 2.75) is 19.3 Å². The fourth-order valence-electron chi connectivity index (χ4n) is 3.00. The first kappa shape index (κ1) is 15.2. The quantitative estimate of drug-likeness (QED) is 0.851. The highest BCUT2D eigenvalue weighted by Gasteiger charge is 2.27. The van der Waals surface area contributed by atoms with Crippen molar-refractivity contribution in [3.8, 4) is 11.3 Å². The maximum atomic E-state index is 12.3. The van der Waals surface area contributed by atoms with Gasteiger partial charge in [0.05, 0.1) is 16.8 Å².